The SMILES string of the molecule is [CH2]C#CNC(=O)C(F)(F)F. The lowest BCUT2D eigenvalue weighted by Crippen LogP contribution is -2.33. The highest BCUT2D eigenvalue weighted by molar-refractivity contribution is 5.83. The third-order valence-electron chi connectivity index (χ3n) is 0.522. The van der Waals surface area contributed by atoms with Gasteiger partial charge in [0, 0.05) is 13.0 Å². The third-order valence-corrected chi connectivity index (χ3v) is 0.522. The smallest absolute Gasteiger partial charge is 0.277 e. The van der Waals surface area contributed by atoms with Gasteiger partial charge in [-0.15, -0.1) is 0 Å². The lowest BCUT2D eigenvalue weighted by atomic mass is 10.6. The molecule has 0 saturated carbocycles. The van der Waals surface area contributed by atoms with Gasteiger partial charge in [-0.25, -0.2) is 0 Å². The molecule has 0 aliphatic carbocycles. The summed E-state index contributed by atoms with van der Waals surface area (Å²) in [6.45, 7) is 2.90. The van der Waals surface area contributed by atoms with Gasteiger partial charge in [-0.2, -0.15) is 13.2 Å². The van der Waals surface area contributed by atoms with Crippen LogP contribution in [0, 0.1) is 18.9 Å². The van der Waals surface area contributed by atoms with Crippen molar-refractivity contribution >= 4 is 5.91 Å². The summed E-state index contributed by atoms with van der Waals surface area (Å²) in [6, 6.07) is 1.67. The summed E-state index contributed by atoms with van der Waals surface area (Å²) in [7, 11) is 0. The number of hydrogen-bond acceptors (Lipinski definition) is 1. The zero-order valence-electron chi connectivity index (χ0n) is 4.75. The van der Waals surface area contributed by atoms with Crippen LogP contribution in [0.3, 0.4) is 0 Å². The van der Waals surface area contributed by atoms with Crippen LogP contribution in [0.1, 0.15) is 0 Å². The van der Waals surface area contributed by atoms with E-state index in [9.17, 15) is 18.0 Å². The van der Waals surface area contributed by atoms with Crippen LogP contribution in [0.4, 0.5) is 13.2 Å². The molecule has 0 atom stereocenters. The molecule has 10 heavy (non-hydrogen) atoms. The van der Waals surface area contributed by atoms with Crippen molar-refractivity contribution in [2.45, 2.75) is 6.18 Å². The highest BCUT2D eigenvalue weighted by Crippen LogP contribution is 2.13. The van der Waals surface area contributed by atoms with E-state index in [0.717, 1.165) is 0 Å². The Kier molecular flexibility index (Phi) is 2.74. The number of rotatable bonds is 0. The largest absolute Gasteiger partial charge is 0.472 e. The molecule has 0 fully saturated rings. The Bertz CT molecular complexity index is 185. The van der Waals surface area contributed by atoms with Gasteiger partial charge in [0.05, 0.1) is 0 Å². The molecule has 0 rings (SSSR count). The third kappa shape index (κ3) is 2.97. The van der Waals surface area contributed by atoms with Crippen LogP contribution >= 0.6 is 0 Å². The van der Waals surface area contributed by atoms with E-state index in [0.29, 0.717) is 0 Å². The first kappa shape index (κ1) is 8.82. The summed E-state index contributed by atoms with van der Waals surface area (Å²) in [5, 5.41) is 1.28. The van der Waals surface area contributed by atoms with Crippen molar-refractivity contribution in [3.05, 3.63) is 6.92 Å². The predicted molar refractivity (Wildman–Crippen MR) is 27.3 cm³/mol. The molecule has 0 aliphatic rings. The zero-order valence-corrected chi connectivity index (χ0v) is 4.75. The van der Waals surface area contributed by atoms with E-state index in [1.54, 1.807) is 6.04 Å². The molecule has 0 aromatic heterocycles. The Balaban J connectivity index is 3.95. The maximum Gasteiger partial charge on any atom is 0.472 e. The number of carbonyl (C=O) groups excluding carboxylic acids is 1. The summed E-state index contributed by atoms with van der Waals surface area (Å²) < 4.78 is 33.8. The molecule has 0 bridgehead atoms. The fourth-order valence-electron chi connectivity index (χ4n) is 0.172. The monoisotopic (exact) mass is 150 g/mol. The van der Waals surface area contributed by atoms with Crippen LogP contribution in [-0.2, 0) is 4.79 Å². The minimum Gasteiger partial charge on any atom is -0.277 e. The van der Waals surface area contributed by atoms with Crippen molar-refractivity contribution in [3.63, 3.8) is 0 Å². The van der Waals surface area contributed by atoms with Gasteiger partial charge in [0.2, 0.25) is 0 Å². The number of amides is 1. The second kappa shape index (κ2) is 3.11. The van der Waals surface area contributed by atoms with Crippen LogP contribution in [0.2, 0.25) is 0 Å². The van der Waals surface area contributed by atoms with Crippen LogP contribution in [0.25, 0.3) is 0 Å². The molecule has 55 valence electrons. The highest BCUT2D eigenvalue weighted by Gasteiger charge is 2.38. The van der Waals surface area contributed by atoms with Crippen LogP contribution in [-0.4, -0.2) is 12.1 Å². The quantitative estimate of drug-likeness (QED) is 0.394. The lowest BCUT2D eigenvalue weighted by molar-refractivity contribution is -0.172. The molecule has 0 aromatic carbocycles. The van der Waals surface area contributed by atoms with Crippen LogP contribution in [0.15, 0.2) is 0 Å². The molecule has 1 N–H and O–H groups in total. The highest BCUT2D eigenvalue weighted by atomic mass is 19.4. The molecule has 0 heterocycles. The molecular weight excluding hydrogens is 147 g/mol. The molecule has 2 nitrogen and oxygen atoms in total. The van der Waals surface area contributed by atoms with Crippen molar-refractivity contribution < 1.29 is 18.0 Å². The second-order valence-corrected chi connectivity index (χ2v) is 1.25. The van der Waals surface area contributed by atoms with Gasteiger partial charge in [-0.3, -0.25) is 10.1 Å². The summed E-state index contributed by atoms with van der Waals surface area (Å²) in [4.78, 5) is 9.86. The van der Waals surface area contributed by atoms with Gasteiger partial charge < -0.3 is 0 Å². The zero-order chi connectivity index (χ0) is 8.20. The number of nitrogens with one attached hydrogen (secondary N) is 1. The summed E-state index contributed by atoms with van der Waals surface area (Å²) >= 11 is 0. The minimum absolute atomic E-state index is 1.28. The van der Waals surface area contributed by atoms with Gasteiger partial charge in [0.25, 0.3) is 0 Å². The number of halogens is 3. The van der Waals surface area contributed by atoms with E-state index < -0.39 is 12.1 Å². The number of hydrogen-bond donors (Lipinski definition) is 1. The van der Waals surface area contributed by atoms with E-state index in [2.05, 4.69) is 6.92 Å². The summed E-state index contributed by atoms with van der Waals surface area (Å²) in [5.74, 6) is -0.241. The first-order valence-electron chi connectivity index (χ1n) is 2.12. The fraction of sp³-hybridized carbons (Fsp3) is 0.200. The molecule has 1 radical (unpaired) electrons. The topological polar surface area (TPSA) is 29.1 Å². The molecule has 0 unspecified atom stereocenters. The predicted octanol–water partition coefficient (Wildman–Crippen LogP) is 0.460. The van der Waals surface area contributed by atoms with Crippen molar-refractivity contribution in [3.8, 4) is 12.0 Å². The normalized spacial score (nSPS) is 9.60. The van der Waals surface area contributed by atoms with E-state index in [-0.39, 0.29) is 0 Å². The molecule has 0 spiro atoms. The van der Waals surface area contributed by atoms with E-state index in [1.807, 2.05) is 5.92 Å². The van der Waals surface area contributed by atoms with Gasteiger partial charge in [0.1, 0.15) is 0 Å². The molecule has 1 amide bonds. The molecule has 5 heteroatoms. The average molecular weight is 150 g/mol. The molecular formula is C5H3F3NO. The first-order valence-corrected chi connectivity index (χ1v) is 2.12. The Morgan fingerprint density at radius 3 is 2.30 bits per heavy atom. The van der Waals surface area contributed by atoms with Crippen LogP contribution < -0.4 is 5.32 Å². The number of alkyl halides is 3. The van der Waals surface area contributed by atoms with E-state index >= 15 is 0 Å². The first-order chi connectivity index (χ1) is 4.48. The number of carbonyl (C=O) groups is 1. The lowest BCUT2D eigenvalue weighted by Gasteiger charge is -2.00. The fourth-order valence-corrected chi connectivity index (χ4v) is 0.172. The average Bonchev–Trinajstić information content (AvgIpc) is 1.80. The van der Waals surface area contributed by atoms with Crippen LogP contribution in [0.5, 0.6) is 0 Å². The summed E-state index contributed by atoms with van der Waals surface area (Å²) in [5.41, 5.74) is 0. The Hall–Kier alpha value is -1.18. The van der Waals surface area contributed by atoms with E-state index in [4.69, 9.17) is 0 Å². The standard InChI is InChI=1S/C5H3F3NO/c1-2-3-9-4(10)5(6,7)8/h1H2,(H,9,10). The molecule has 0 saturated heterocycles. The minimum atomic E-state index is -4.87. The Morgan fingerprint density at radius 2 is 2.00 bits per heavy atom. The van der Waals surface area contributed by atoms with Crippen molar-refractivity contribution in [2.24, 2.45) is 0 Å². The van der Waals surface area contributed by atoms with Crippen molar-refractivity contribution in [1.82, 2.24) is 5.32 Å². The van der Waals surface area contributed by atoms with Gasteiger partial charge in [-0.05, 0) is 0 Å². The Labute approximate surface area is 55.4 Å². The Morgan fingerprint density at radius 1 is 1.50 bits per heavy atom. The van der Waals surface area contributed by atoms with Crippen molar-refractivity contribution in [1.29, 1.82) is 0 Å². The summed E-state index contributed by atoms with van der Waals surface area (Å²) in [6.07, 6.45) is -4.87. The maximum absolute atomic E-state index is 11.3. The van der Waals surface area contributed by atoms with Gasteiger partial charge in [0.15, 0.2) is 0 Å². The van der Waals surface area contributed by atoms with Gasteiger partial charge >= 0.3 is 12.1 Å². The molecule has 0 aromatic rings. The van der Waals surface area contributed by atoms with Gasteiger partial charge in [-0.1, -0.05) is 5.92 Å². The van der Waals surface area contributed by atoms with Crippen molar-refractivity contribution in [2.75, 3.05) is 0 Å². The molecule has 0 aliphatic heterocycles. The second-order valence-electron chi connectivity index (χ2n) is 1.25. The maximum atomic E-state index is 11.3. The van der Waals surface area contributed by atoms with E-state index in [1.165, 1.54) is 5.32 Å².